The first-order valence-electron chi connectivity index (χ1n) is 9.90. The summed E-state index contributed by atoms with van der Waals surface area (Å²) in [6, 6.07) is 14.4. The second kappa shape index (κ2) is 6.74. The van der Waals surface area contributed by atoms with E-state index in [9.17, 15) is 14.4 Å². The lowest BCUT2D eigenvalue weighted by atomic mass is 9.67. The molecule has 5 rings (SSSR count). The summed E-state index contributed by atoms with van der Waals surface area (Å²) in [4.78, 5) is 44.2. The Kier molecular flexibility index (Phi) is 4.25. The molecule has 154 valence electrons. The quantitative estimate of drug-likeness (QED) is 0.711. The van der Waals surface area contributed by atoms with Gasteiger partial charge in [-0.2, -0.15) is 0 Å². The number of barbiturate groups is 1. The van der Waals surface area contributed by atoms with Crippen LogP contribution in [0.25, 0.3) is 0 Å². The van der Waals surface area contributed by atoms with Gasteiger partial charge in [0.05, 0.1) is 6.04 Å². The lowest BCUT2D eigenvalue weighted by molar-refractivity contribution is -0.152. The first-order valence-corrected chi connectivity index (χ1v) is 10.3. The van der Waals surface area contributed by atoms with Gasteiger partial charge in [-0.3, -0.25) is 19.8 Å². The second-order valence-corrected chi connectivity index (χ2v) is 8.47. The number of anilines is 2. The van der Waals surface area contributed by atoms with Crippen LogP contribution in [-0.2, 0) is 16.0 Å². The van der Waals surface area contributed by atoms with Crippen molar-refractivity contribution < 1.29 is 14.4 Å². The summed E-state index contributed by atoms with van der Waals surface area (Å²) in [5.74, 6) is -0.961. The average Bonchev–Trinajstić information content (AvgIpc) is 2.76. The topological polar surface area (TPSA) is 73.0 Å². The Bertz CT molecular complexity index is 1060. The van der Waals surface area contributed by atoms with Crippen molar-refractivity contribution in [1.82, 2.24) is 10.2 Å². The van der Waals surface area contributed by atoms with Gasteiger partial charge in [-0.05, 0) is 42.3 Å². The molecule has 0 bridgehead atoms. The predicted octanol–water partition coefficient (Wildman–Crippen LogP) is 2.29. The van der Waals surface area contributed by atoms with Gasteiger partial charge in [0, 0.05) is 43.1 Å². The van der Waals surface area contributed by atoms with Gasteiger partial charge in [0.1, 0.15) is 0 Å². The van der Waals surface area contributed by atoms with Gasteiger partial charge in [-0.15, -0.1) is 0 Å². The lowest BCUT2D eigenvalue weighted by Gasteiger charge is -2.55. The van der Waals surface area contributed by atoms with Crippen molar-refractivity contribution in [3.63, 3.8) is 0 Å². The number of benzene rings is 2. The van der Waals surface area contributed by atoms with Crippen molar-refractivity contribution in [2.45, 2.75) is 12.5 Å². The summed E-state index contributed by atoms with van der Waals surface area (Å²) in [6.45, 7) is 1.88. The third kappa shape index (κ3) is 2.61. The van der Waals surface area contributed by atoms with Crippen LogP contribution in [0, 0.1) is 5.41 Å². The van der Waals surface area contributed by atoms with Crippen LogP contribution in [0.5, 0.6) is 0 Å². The zero-order valence-corrected chi connectivity index (χ0v) is 17.2. The Hall–Kier alpha value is -3.06. The van der Waals surface area contributed by atoms with Crippen LogP contribution in [-0.4, -0.2) is 55.5 Å². The highest BCUT2D eigenvalue weighted by Gasteiger charge is 2.62. The SMILES string of the molecule is CN1C(=O)NC(=O)[C@@]2(Cc3ccccc3N3CCN(c4ccc(Cl)cc4)C[C@H]32)C1=O. The van der Waals surface area contributed by atoms with Crippen LogP contribution < -0.4 is 15.1 Å². The molecule has 2 atom stereocenters. The third-order valence-corrected chi connectivity index (χ3v) is 6.78. The van der Waals surface area contributed by atoms with E-state index in [0.717, 1.165) is 28.4 Å². The molecule has 4 amide bonds. The van der Waals surface area contributed by atoms with Crippen LogP contribution in [0.1, 0.15) is 5.56 Å². The number of carbonyl (C=O) groups excluding carboxylic acids is 3. The molecule has 3 aliphatic heterocycles. The minimum absolute atomic E-state index is 0.265. The van der Waals surface area contributed by atoms with E-state index in [2.05, 4.69) is 15.1 Å². The number of fused-ring (bicyclic) bond motifs is 4. The Balaban J connectivity index is 1.61. The standard InChI is InChI=1S/C22H21ClN4O3/c1-25-20(29)22(19(28)24-21(25)30)12-14-4-2-3-5-17(14)27-11-10-26(13-18(22)27)16-8-6-15(23)7-9-16/h2-9,18H,10-13H2,1H3,(H,24,28,30)/t18-,22-/m0/s1. The summed E-state index contributed by atoms with van der Waals surface area (Å²) in [5.41, 5.74) is 1.62. The fourth-order valence-corrected chi connectivity index (χ4v) is 5.10. The summed E-state index contributed by atoms with van der Waals surface area (Å²) in [5, 5.41) is 3.07. The Labute approximate surface area is 179 Å². The number of halogens is 1. The van der Waals surface area contributed by atoms with Crippen LogP contribution in [0.15, 0.2) is 48.5 Å². The van der Waals surface area contributed by atoms with Crippen LogP contribution >= 0.6 is 11.6 Å². The van der Waals surface area contributed by atoms with Crippen molar-refractivity contribution in [1.29, 1.82) is 0 Å². The first kappa shape index (κ1) is 18.9. The maximum absolute atomic E-state index is 13.5. The van der Waals surface area contributed by atoms with E-state index >= 15 is 0 Å². The zero-order chi connectivity index (χ0) is 21.0. The monoisotopic (exact) mass is 424 g/mol. The van der Waals surface area contributed by atoms with Crippen molar-refractivity contribution in [3.05, 3.63) is 59.1 Å². The van der Waals surface area contributed by atoms with E-state index in [-0.39, 0.29) is 6.42 Å². The smallest absolute Gasteiger partial charge is 0.330 e. The van der Waals surface area contributed by atoms with Gasteiger partial charge in [0.2, 0.25) is 11.8 Å². The Morgan fingerprint density at radius 2 is 1.77 bits per heavy atom. The van der Waals surface area contributed by atoms with E-state index in [1.54, 1.807) is 0 Å². The van der Waals surface area contributed by atoms with Gasteiger partial charge >= 0.3 is 6.03 Å². The molecule has 1 N–H and O–H groups in total. The Morgan fingerprint density at radius 1 is 1.03 bits per heavy atom. The van der Waals surface area contributed by atoms with Crippen molar-refractivity contribution in [2.75, 3.05) is 36.5 Å². The minimum atomic E-state index is -1.36. The van der Waals surface area contributed by atoms with E-state index < -0.39 is 29.3 Å². The molecule has 2 aromatic rings. The van der Waals surface area contributed by atoms with Gasteiger partial charge < -0.3 is 9.80 Å². The first-order chi connectivity index (χ1) is 14.4. The second-order valence-electron chi connectivity index (χ2n) is 8.03. The lowest BCUT2D eigenvalue weighted by Crippen LogP contribution is -2.74. The third-order valence-electron chi connectivity index (χ3n) is 6.53. The Morgan fingerprint density at radius 3 is 2.53 bits per heavy atom. The van der Waals surface area contributed by atoms with E-state index in [4.69, 9.17) is 11.6 Å². The number of piperazine rings is 1. The molecule has 3 aliphatic rings. The van der Waals surface area contributed by atoms with Gasteiger partial charge in [-0.25, -0.2) is 4.79 Å². The molecule has 0 radical (unpaired) electrons. The number of para-hydroxylation sites is 1. The van der Waals surface area contributed by atoms with E-state index in [0.29, 0.717) is 18.1 Å². The number of imide groups is 2. The highest BCUT2D eigenvalue weighted by molar-refractivity contribution is 6.30. The van der Waals surface area contributed by atoms with Crippen LogP contribution in [0.4, 0.5) is 16.2 Å². The summed E-state index contributed by atoms with van der Waals surface area (Å²) in [7, 11) is 1.43. The van der Waals surface area contributed by atoms with Crippen molar-refractivity contribution >= 4 is 40.8 Å². The minimum Gasteiger partial charge on any atom is -0.368 e. The average molecular weight is 425 g/mol. The van der Waals surface area contributed by atoms with Crippen LogP contribution in [0.2, 0.25) is 5.02 Å². The number of amides is 4. The van der Waals surface area contributed by atoms with Crippen molar-refractivity contribution in [2.24, 2.45) is 5.41 Å². The fourth-order valence-electron chi connectivity index (χ4n) is 4.97. The largest absolute Gasteiger partial charge is 0.368 e. The summed E-state index contributed by atoms with van der Waals surface area (Å²) < 4.78 is 0. The molecule has 7 nitrogen and oxygen atoms in total. The summed E-state index contributed by atoms with van der Waals surface area (Å²) >= 11 is 6.04. The molecule has 2 aromatic carbocycles. The molecule has 30 heavy (non-hydrogen) atoms. The fraction of sp³-hybridized carbons (Fsp3) is 0.318. The molecule has 3 heterocycles. The molecule has 8 heteroatoms. The summed E-state index contributed by atoms with van der Waals surface area (Å²) in [6.07, 6.45) is 0.265. The van der Waals surface area contributed by atoms with Crippen molar-refractivity contribution in [3.8, 4) is 0 Å². The highest BCUT2D eigenvalue weighted by Crippen LogP contribution is 2.45. The molecular weight excluding hydrogens is 404 g/mol. The molecule has 0 aliphatic carbocycles. The molecule has 0 saturated carbocycles. The highest BCUT2D eigenvalue weighted by atomic mass is 35.5. The number of nitrogens with one attached hydrogen (secondary N) is 1. The van der Waals surface area contributed by atoms with Gasteiger partial charge in [0.15, 0.2) is 5.41 Å². The number of carbonyl (C=O) groups is 3. The number of rotatable bonds is 1. The van der Waals surface area contributed by atoms with E-state index in [1.165, 1.54) is 7.05 Å². The molecular formula is C22H21ClN4O3. The van der Waals surface area contributed by atoms with Gasteiger partial charge in [-0.1, -0.05) is 29.8 Å². The van der Waals surface area contributed by atoms with E-state index in [1.807, 2.05) is 48.5 Å². The predicted molar refractivity (Wildman–Crippen MR) is 114 cm³/mol. The molecule has 2 fully saturated rings. The number of urea groups is 1. The van der Waals surface area contributed by atoms with Crippen LogP contribution in [0.3, 0.4) is 0 Å². The molecule has 1 spiro atoms. The normalized spacial score (nSPS) is 25.9. The number of nitrogens with zero attached hydrogens (tertiary/aromatic N) is 3. The van der Waals surface area contributed by atoms with Gasteiger partial charge in [0.25, 0.3) is 0 Å². The molecule has 0 aromatic heterocycles. The molecule has 2 saturated heterocycles. The maximum Gasteiger partial charge on any atom is 0.330 e. The number of hydrogen-bond donors (Lipinski definition) is 1. The zero-order valence-electron chi connectivity index (χ0n) is 16.5. The molecule has 0 unspecified atom stereocenters. The number of hydrogen-bond acceptors (Lipinski definition) is 5. The maximum atomic E-state index is 13.5.